The van der Waals surface area contributed by atoms with Crippen LogP contribution < -0.4 is 5.32 Å². The first kappa shape index (κ1) is 12.4. The van der Waals surface area contributed by atoms with Crippen LogP contribution in [0.25, 0.3) is 0 Å². The van der Waals surface area contributed by atoms with Gasteiger partial charge in [-0.2, -0.15) is 0 Å². The van der Waals surface area contributed by atoms with E-state index in [1.165, 1.54) is 6.20 Å². The number of nitrogens with zero attached hydrogens (tertiary/aromatic N) is 2. The van der Waals surface area contributed by atoms with Crippen molar-refractivity contribution < 1.29 is 9.66 Å². The molecule has 0 aliphatic rings. The van der Waals surface area contributed by atoms with E-state index in [1.807, 2.05) is 0 Å². The van der Waals surface area contributed by atoms with Crippen LogP contribution in [0.2, 0.25) is 0 Å². The smallest absolute Gasteiger partial charge is 0.366 e. The van der Waals surface area contributed by atoms with Gasteiger partial charge in [0.2, 0.25) is 0 Å². The van der Waals surface area contributed by atoms with Crippen molar-refractivity contribution in [2.24, 2.45) is 0 Å². The van der Waals surface area contributed by atoms with Crippen LogP contribution in [0.15, 0.2) is 6.20 Å². The fraction of sp³-hybridized carbons (Fsp3) is 0.667. The molecule has 0 aromatic carbocycles. The number of nitrogens with one attached hydrogen (secondary N) is 2. The van der Waals surface area contributed by atoms with E-state index >= 15 is 0 Å². The van der Waals surface area contributed by atoms with E-state index in [0.717, 1.165) is 19.4 Å². The minimum Gasteiger partial charge on any atom is -0.380 e. The number of hydrogen-bond acceptors (Lipinski definition) is 5. The zero-order valence-corrected chi connectivity index (χ0v) is 9.23. The lowest BCUT2D eigenvalue weighted by molar-refractivity contribution is -0.388. The minimum atomic E-state index is -0.507. The minimum absolute atomic E-state index is 0.117. The van der Waals surface area contributed by atoms with Crippen molar-refractivity contribution in [3.8, 4) is 0 Å². The summed E-state index contributed by atoms with van der Waals surface area (Å²) in [6, 6.07) is 0. The van der Waals surface area contributed by atoms with Crippen LogP contribution in [0.5, 0.6) is 0 Å². The zero-order chi connectivity index (χ0) is 11.8. The van der Waals surface area contributed by atoms with Gasteiger partial charge in [-0.3, -0.25) is 0 Å². The molecular formula is C9H16N4O3. The molecule has 2 N–H and O–H groups in total. The summed E-state index contributed by atoms with van der Waals surface area (Å²) in [6.45, 7) is 3.88. The largest absolute Gasteiger partial charge is 0.380 e. The number of hydrogen-bond donors (Lipinski definition) is 2. The Morgan fingerprint density at radius 1 is 1.62 bits per heavy atom. The summed E-state index contributed by atoms with van der Waals surface area (Å²) in [4.78, 5) is 10.0. The summed E-state index contributed by atoms with van der Waals surface area (Å²) in [5, 5.41) is 19.3. The lowest BCUT2D eigenvalue weighted by Crippen LogP contribution is -2.10. The SMILES string of the molecule is CCCCOCCNc1cn[nH]c1[N+](=O)[O-]. The Bertz CT molecular complexity index is 326. The Hall–Kier alpha value is -1.63. The molecule has 1 rings (SSSR count). The first-order valence-corrected chi connectivity index (χ1v) is 5.25. The zero-order valence-electron chi connectivity index (χ0n) is 9.23. The molecule has 1 aromatic heterocycles. The predicted octanol–water partition coefficient (Wildman–Crippen LogP) is 1.55. The lowest BCUT2D eigenvalue weighted by atomic mass is 10.4. The molecule has 0 radical (unpaired) electrons. The van der Waals surface area contributed by atoms with Gasteiger partial charge >= 0.3 is 5.82 Å². The van der Waals surface area contributed by atoms with Crippen molar-refractivity contribution in [2.45, 2.75) is 19.8 Å². The number of aromatic amines is 1. The first-order chi connectivity index (χ1) is 7.75. The van der Waals surface area contributed by atoms with Crippen molar-refractivity contribution in [3.05, 3.63) is 16.3 Å². The Morgan fingerprint density at radius 2 is 2.44 bits per heavy atom. The van der Waals surface area contributed by atoms with E-state index in [0.29, 0.717) is 18.8 Å². The molecule has 1 heterocycles. The molecule has 7 nitrogen and oxygen atoms in total. The molecule has 0 aliphatic carbocycles. The molecule has 0 amide bonds. The van der Waals surface area contributed by atoms with Crippen LogP contribution in [0, 0.1) is 10.1 Å². The molecule has 1 aromatic rings. The highest BCUT2D eigenvalue weighted by Crippen LogP contribution is 2.18. The van der Waals surface area contributed by atoms with Crippen molar-refractivity contribution in [1.82, 2.24) is 10.2 Å². The van der Waals surface area contributed by atoms with Crippen molar-refractivity contribution >= 4 is 11.5 Å². The van der Waals surface area contributed by atoms with Gasteiger partial charge in [0, 0.05) is 13.2 Å². The molecule has 0 fully saturated rings. The predicted molar refractivity (Wildman–Crippen MR) is 59.5 cm³/mol. The molecule has 7 heteroatoms. The van der Waals surface area contributed by atoms with Crippen LogP contribution in [0.3, 0.4) is 0 Å². The van der Waals surface area contributed by atoms with Gasteiger partial charge in [-0.05, 0) is 11.3 Å². The van der Waals surface area contributed by atoms with Gasteiger partial charge in [0.1, 0.15) is 6.20 Å². The van der Waals surface area contributed by atoms with E-state index in [-0.39, 0.29) is 5.82 Å². The number of H-pyrrole nitrogens is 1. The maximum Gasteiger partial charge on any atom is 0.366 e. The van der Waals surface area contributed by atoms with E-state index in [1.54, 1.807) is 0 Å². The summed E-state index contributed by atoms with van der Waals surface area (Å²) in [5.41, 5.74) is 0.393. The second-order valence-electron chi connectivity index (χ2n) is 3.28. The Kier molecular flexibility index (Phi) is 5.27. The van der Waals surface area contributed by atoms with Crippen LogP contribution in [0.1, 0.15) is 19.8 Å². The number of aromatic nitrogens is 2. The van der Waals surface area contributed by atoms with Crippen molar-refractivity contribution in [3.63, 3.8) is 0 Å². The van der Waals surface area contributed by atoms with Crippen LogP contribution in [-0.4, -0.2) is 34.9 Å². The highest BCUT2D eigenvalue weighted by molar-refractivity contribution is 5.55. The summed E-state index contributed by atoms with van der Waals surface area (Å²) >= 11 is 0. The second kappa shape index (κ2) is 6.78. The maximum atomic E-state index is 10.5. The van der Waals surface area contributed by atoms with Gasteiger partial charge in [0.05, 0.1) is 6.61 Å². The fourth-order valence-corrected chi connectivity index (χ4v) is 1.15. The molecule has 0 spiro atoms. The molecule has 0 unspecified atom stereocenters. The Morgan fingerprint density at radius 3 is 3.12 bits per heavy atom. The highest BCUT2D eigenvalue weighted by atomic mass is 16.6. The summed E-state index contributed by atoms with van der Waals surface area (Å²) in [7, 11) is 0. The molecule has 16 heavy (non-hydrogen) atoms. The second-order valence-corrected chi connectivity index (χ2v) is 3.28. The number of rotatable bonds is 8. The highest BCUT2D eigenvalue weighted by Gasteiger charge is 2.13. The number of unbranched alkanes of at least 4 members (excludes halogenated alkanes) is 1. The summed E-state index contributed by atoms with van der Waals surface area (Å²) < 4.78 is 5.31. The van der Waals surface area contributed by atoms with Gasteiger partial charge in [-0.25, -0.2) is 0 Å². The maximum absolute atomic E-state index is 10.5. The monoisotopic (exact) mass is 228 g/mol. The fourth-order valence-electron chi connectivity index (χ4n) is 1.15. The number of nitro groups is 1. The van der Waals surface area contributed by atoms with Gasteiger partial charge in [-0.1, -0.05) is 18.4 Å². The number of anilines is 1. The average molecular weight is 228 g/mol. The average Bonchev–Trinajstić information content (AvgIpc) is 2.71. The van der Waals surface area contributed by atoms with Crippen molar-refractivity contribution in [1.29, 1.82) is 0 Å². The molecular weight excluding hydrogens is 212 g/mol. The summed E-state index contributed by atoms with van der Waals surface area (Å²) in [5.74, 6) is -0.117. The Balaban J connectivity index is 2.21. The quantitative estimate of drug-likeness (QED) is 0.400. The first-order valence-electron chi connectivity index (χ1n) is 5.25. The molecule has 0 bridgehead atoms. The Labute approximate surface area is 93.3 Å². The lowest BCUT2D eigenvalue weighted by Gasteiger charge is -2.04. The van der Waals surface area contributed by atoms with Gasteiger partial charge in [0.15, 0.2) is 5.69 Å². The number of ether oxygens (including phenoxy) is 1. The topological polar surface area (TPSA) is 93.1 Å². The van der Waals surface area contributed by atoms with Gasteiger partial charge in [-0.15, -0.1) is 5.10 Å². The normalized spacial score (nSPS) is 10.3. The molecule has 0 saturated heterocycles. The van der Waals surface area contributed by atoms with Crippen LogP contribution in [-0.2, 0) is 4.74 Å². The van der Waals surface area contributed by atoms with Gasteiger partial charge in [0.25, 0.3) is 0 Å². The van der Waals surface area contributed by atoms with E-state index in [4.69, 9.17) is 4.74 Å². The molecule has 0 aliphatic heterocycles. The van der Waals surface area contributed by atoms with Crippen LogP contribution >= 0.6 is 0 Å². The molecule has 0 saturated carbocycles. The van der Waals surface area contributed by atoms with Crippen LogP contribution in [0.4, 0.5) is 11.5 Å². The standard InChI is InChI=1S/C9H16N4O3/c1-2-3-5-16-6-4-10-8-7-11-12-9(8)13(14)15/h7,10H,2-6H2,1H3,(H,11,12). The third-order valence-electron chi connectivity index (χ3n) is 2.01. The summed E-state index contributed by atoms with van der Waals surface area (Å²) in [6.07, 6.45) is 3.52. The van der Waals surface area contributed by atoms with Crippen molar-refractivity contribution in [2.75, 3.05) is 25.1 Å². The van der Waals surface area contributed by atoms with Gasteiger partial charge < -0.3 is 20.2 Å². The molecule has 90 valence electrons. The van der Waals surface area contributed by atoms with E-state index in [2.05, 4.69) is 22.4 Å². The van der Waals surface area contributed by atoms with E-state index in [9.17, 15) is 10.1 Å². The van der Waals surface area contributed by atoms with E-state index < -0.39 is 4.92 Å². The molecule has 0 atom stereocenters. The third-order valence-corrected chi connectivity index (χ3v) is 2.01. The third kappa shape index (κ3) is 3.85.